The minimum absolute atomic E-state index is 0.900. The third-order valence-electron chi connectivity index (χ3n) is 3.06. The Labute approximate surface area is 122 Å². The van der Waals surface area contributed by atoms with Crippen LogP contribution in [0.5, 0.6) is 5.75 Å². The molecule has 0 spiro atoms. The summed E-state index contributed by atoms with van der Waals surface area (Å²) in [4.78, 5) is 0. The van der Waals surface area contributed by atoms with Crippen LogP contribution in [0.2, 0.25) is 0 Å². The van der Waals surface area contributed by atoms with Crippen LogP contribution in [-0.2, 0) is 0 Å². The van der Waals surface area contributed by atoms with E-state index in [0.717, 1.165) is 20.1 Å². The van der Waals surface area contributed by atoms with Crippen molar-refractivity contribution in [2.45, 2.75) is 0 Å². The lowest BCUT2D eigenvalue weighted by molar-refractivity contribution is 0.420. The molecule has 18 heavy (non-hydrogen) atoms. The van der Waals surface area contributed by atoms with Crippen molar-refractivity contribution >= 4 is 53.4 Å². The summed E-state index contributed by atoms with van der Waals surface area (Å²) in [5, 5.41) is 4.75. The molecule has 0 aromatic heterocycles. The lowest BCUT2D eigenvalue weighted by atomic mass is 10.0. The van der Waals surface area contributed by atoms with Crippen LogP contribution >= 0.6 is 31.9 Å². The molecule has 0 radical (unpaired) electrons. The number of hydrogen-bond donors (Lipinski definition) is 0. The predicted molar refractivity (Wildman–Crippen MR) is 83.4 cm³/mol. The molecule has 0 N–H and O–H groups in total. The van der Waals surface area contributed by atoms with Crippen LogP contribution in [0.1, 0.15) is 0 Å². The summed E-state index contributed by atoms with van der Waals surface area (Å²) in [6.45, 7) is 0. The Morgan fingerprint density at radius 1 is 0.778 bits per heavy atom. The van der Waals surface area contributed by atoms with Crippen molar-refractivity contribution in [2.75, 3.05) is 7.11 Å². The highest BCUT2D eigenvalue weighted by Crippen LogP contribution is 2.35. The van der Waals surface area contributed by atoms with Gasteiger partial charge < -0.3 is 4.74 Å². The standard InChI is InChI=1S/C15H10Br2O/c1-18-15-7-9-6-10(16)2-4-12(9)13-5-3-11(17)8-14(13)15/h2-8H,1H3. The molecule has 0 unspecified atom stereocenters. The molecule has 1 nitrogen and oxygen atoms in total. The van der Waals surface area contributed by atoms with Crippen molar-refractivity contribution in [1.82, 2.24) is 0 Å². The molecule has 0 heterocycles. The normalized spacial score (nSPS) is 11.1. The van der Waals surface area contributed by atoms with Gasteiger partial charge in [-0.25, -0.2) is 0 Å². The quantitative estimate of drug-likeness (QED) is 0.515. The summed E-state index contributed by atoms with van der Waals surface area (Å²) in [6, 6.07) is 14.7. The van der Waals surface area contributed by atoms with Crippen LogP contribution < -0.4 is 4.74 Å². The zero-order valence-corrected chi connectivity index (χ0v) is 12.9. The third kappa shape index (κ3) is 1.91. The molecule has 0 aliphatic carbocycles. The van der Waals surface area contributed by atoms with E-state index < -0.39 is 0 Å². The second-order valence-electron chi connectivity index (χ2n) is 4.13. The molecule has 3 heteroatoms. The van der Waals surface area contributed by atoms with Crippen molar-refractivity contribution in [3.8, 4) is 5.75 Å². The molecule has 0 bridgehead atoms. The summed E-state index contributed by atoms with van der Waals surface area (Å²) < 4.78 is 7.63. The van der Waals surface area contributed by atoms with E-state index in [1.54, 1.807) is 7.11 Å². The number of benzene rings is 3. The third-order valence-corrected chi connectivity index (χ3v) is 4.04. The van der Waals surface area contributed by atoms with Crippen LogP contribution in [0.25, 0.3) is 21.5 Å². The van der Waals surface area contributed by atoms with E-state index in [-0.39, 0.29) is 0 Å². The van der Waals surface area contributed by atoms with Crippen molar-refractivity contribution in [1.29, 1.82) is 0 Å². The van der Waals surface area contributed by atoms with Gasteiger partial charge in [0, 0.05) is 14.3 Å². The zero-order chi connectivity index (χ0) is 12.7. The van der Waals surface area contributed by atoms with Gasteiger partial charge in [-0.2, -0.15) is 0 Å². The largest absolute Gasteiger partial charge is 0.496 e. The van der Waals surface area contributed by atoms with E-state index >= 15 is 0 Å². The Hall–Kier alpha value is -1.06. The van der Waals surface area contributed by atoms with E-state index in [2.05, 4.69) is 74.3 Å². The van der Waals surface area contributed by atoms with Gasteiger partial charge in [0.1, 0.15) is 5.75 Å². The Kier molecular flexibility index (Phi) is 3.04. The summed E-state index contributed by atoms with van der Waals surface area (Å²) in [6.07, 6.45) is 0. The summed E-state index contributed by atoms with van der Waals surface area (Å²) >= 11 is 7.01. The topological polar surface area (TPSA) is 9.23 Å². The number of hydrogen-bond acceptors (Lipinski definition) is 1. The maximum atomic E-state index is 5.49. The van der Waals surface area contributed by atoms with Gasteiger partial charge >= 0.3 is 0 Å². The first-order chi connectivity index (χ1) is 8.69. The maximum Gasteiger partial charge on any atom is 0.127 e. The van der Waals surface area contributed by atoms with E-state index in [1.165, 1.54) is 16.2 Å². The van der Waals surface area contributed by atoms with Crippen LogP contribution in [-0.4, -0.2) is 7.11 Å². The fraction of sp³-hybridized carbons (Fsp3) is 0.0667. The van der Waals surface area contributed by atoms with Gasteiger partial charge in [0.15, 0.2) is 0 Å². The molecular formula is C15H10Br2O. The molecule has 3 aromatic rings. The zero-order valence-electron chi connectivity index (χ0n) is 9.71. The highest BCUT2D eigenvalue weighted by Gasteiger charge is 2.07. The number of fused-ring (bicyclic) bond motifs is 3. The SMILES string of the molecule is COc1cc2cc(Br)ccc2c2ccc(Br)cc12. The minimum Gasteiger partial charge on any atom is -0.496 e. The molecule has 3 rings (SSSR count). The van der Waals surface area contributed by atoms with E-state index in [9.17, 15) is 0 Å². The second-order valence-corrected chi connectivity index (χ2v) is 5.97. The summed E-state index contributed by atoms with van der Waals surface area (Å²) in [5.41, 5.74) is 0. The van der Waals surface area contributed by atoms with Crippen LogP contribution in [0, 0.1) is 0 Å². The minimum atomic E-state index is 0.900. The van der Waals surface area contributed by atoms with Gasteiger partial charge in [-0.3, -0.25) is 0 Å². The average Bonchev–Trinajstić information content (AvgIpc) is 2.37. The smallest absolute Gasteiger partial charge is 0.127 e. The fourth-order valence-electron chi connectivity index (χ4n) is 2.24. The summed E-state index contributed by atoms with van der Waals surface area (Å²) in [5.74, 6) is 0.900. The molecule has 0 amide bonds. The van der Waals surface area contributed by atoms with Crippen molar-refractivity contribution in [3.63, 3.8) is 0 Å². The predicted octanol–water partition coefficient (Wildman–Crippen LogP) is 5.53. The molecule has 0 aliphatic rings. The van der Waals surface area contributed by atoms with Crippen molar-refractivity contribution in [2.24, 2.45) is 0 Å². The maximum absolute atomic E-state index is 5.49. The van der Waals surface area contributed by atoms with Gasteiger partial charge in [0.25, 0.3) is 0 Å². The highest BCUT2D eigenvalue weighted by molar-refractivity contribution is 9.10. The lowest BCUT2D eigenvalue weighted by Crippen LogP contribution is -1.87. The molecule has 90 valence electrons. The number of ether oxygens (including phenoxy) is 1. The number of rotatable bonds is 1. The first kappa shape index (κ1) is 12.0. The lowest BCUT2D eigenvalue weighted by Gasteiger charge is -2.10. The Balaban J connectivity index is 2.52. The first-order valence-electron chi connectivity index (χ1n) is 5.54. The molecule has 3 aromatic carbocycles. The second kappa shape index (κ2) is 4.56. The fourth-order valence-corrected chi connectivity index (χ4v) is 2.98. The Morgan fingerprint density at radius 3 is 2.17 bits per heavy atom. The average molecular weight is 366 g/mol. The molecule has 0 aliphatic heterocycles. The first-order valence-corrected chi connectivity index (χ1v) is 7.13. The van der Waals surface area contributed by atoms with Gasteiger partial charge in [-0.1, -0.05) is 44.0 Å². The number of halogens is 2. The summed E-state index contributed by atoms with van der Waals surface area (Å²) in [7, 11) is 1.71. The Morgan fingerprint density at radius 2 is 1.44 bits per heavy atom. The van der Waals surface area contributed by atoms with Crippen molar-refractivity contribution < 1.29 is 4.74 Å². The van der Waals surface area contributed by atoms with E-state index in [1.807, 2.05) is 0 Å². The van der Waals surface area contributed by atoms with Crippen LogP contribution in [0.3, 0.4) is 0 Å². The van der Waals surface area contributed by atoms with Gasteiger partial charge in [-0.15, -0.1) is 0 Å². The van der Waals surface area contributed by atoms with Crippen molar-refractivity contribution in [3.05, 3.63) is 51.4 Å². The molecule has 0 saturated carbocycles. The molecule has 0 saturated heterocycles. The van der Waals surface area contributed by atoms with E-state index in [0.29, 0.717) is 0 Å². The van der Waals surface area contributed by atoms with Crippen LogP contribution in [0.15, 0.2) is 51.4 Å². The molecule has 0 atom stereocenters. The molecule has 0 fully saturated rings. The molecular weight excluding hydrogens is 356 g/mol. The van der Waals surface area contributed by atoms with Gasteiger partial charge in [-0.05, 0) is 46.5 Å². The highest BCUT2D eigenvalue weighted by atomic mass is 79.9. The van der Waals surface area contributed by atoms with Crippen LogP contribution in [0.4, 0.5) is 0 Å². The Bertz CT molecular complexity index is 750. The van der Waals surface area contributed by atoms with Gasteiger partial charge in [0.05, 0.1) is 7.11 Å². The monoisotopic (exact) mass is 364 g/mol. The number of methoxy groups -OCH3 is 1. The van der Waals surface area contributed by atoms with E-state index in [4.69, 9.17) is 4.74 Å². The van der Waals surface area contributed by atoms with Gasteiger partial charge in [0.2, 0.25) is 0 Å².